The van der Waals surface area contributed by atoms with Gasteiger partial charge >= 0.3 is 0 Å². The Kier molecular flexibility index (Phi) is 7.52. The van der Waals surface area contributed by atoms with Crippen molar-refractivity contribution in [1.82, 2.24) is 9.62 Å². The van der Waals surface area contributed by atoms with Gasteiger partial charge in [-0.1, -0.05) is 0 Å². The molecule has 0 aromatic rings. The van der Waals surface area contributed by atoms with Gasteiger partial charge in [0.1, 0.15) is 0 Å². The van der Waals surface area contributed by atoms with E-state index >= 15 is 0 Å². The maximum absolute atomic E-state index is 11.5. The minimum absolute atomic E-state index is 0.0206. The van der Waals surface area contributed by atoms with Crippen molar-refractivity contribution in [2.24, 2.45) is 0 Å². The third kappa shape index (κ3) is 9.11. The first-order valence-corrected chi connectivity index (χ1v) is 7.27. The molecule has 1 N–H and O–H groups in total. The molecule has 6 heteroatoms. The minimum Gasteiger partial charge on any atom is -0.309 e. The molecule has 0 radical (unpaired) electrons. The van der Waals surface area contributed by atoms with E-state index in [4.69, 9.17) is 11.6 Å². The van der Waals surface area contributed by atoms with E-state index in [2.05, 4.69) is 4.72 Å². The van der Waals surface area contributed by atoms with Crippen LogP contribution in [0.2, 0.25) is 0 Å². The van der Waals surface area contributed by atoms with E-state index in [1.54, 1.807) is 0 Å². The maximum Gasteiger partial charge on any atom is 0.211 e. The first kappa shape index (κ1) is 15.2. The highest BCUT2D eigenvalue weighted by Crippen LogP contribution is 1.98. The molecule has 0 aromatic heterocycles. The summed E-state index contributed by atoms with van der Waals surface area (Å²) in [5.41, 5.74) is 0. The summed E-state index contributed by atoms with van der Waals surface area (Å²) in [5.74, 6) is 0.496. The van der Waals surface area contributed by atoms with Gasteiger partial charge in [0.05, 0.1) is 5.75 Å². The van der Waals surface area contributed by atoms with Gasteiger partial charge < -0.3 is 4.90 Å². The van der Waals surface area contributed by atoms with E-state index in [-0.39, 0.29) is 11.8 Å². The monoisotopic (exact) mass is 256 g/mol. The molecule has 0 rings (SSSR count). The average Bonchev–Trinajstić information content (AvgIpc) is 2.11. The number of hydrogen-bond acceptors (Lipinski definition) is 3. The average molecular weight is 257 g/mol. The molecule has 0 amide bonds. The van der Waals surface area contributed by atoms with Gasteiger partial charge in [-0.2, -0.15) is 0 Å². The molecule has 0 aromatic carbocycles. The van der Waals surface area contributed by atoms with Crippen molar-refractivity contribution in [2.75, 3.05) is 32.3 Å². The standard InChI is InChI=1S/C9H21ClN2O2S/c1-9(5-7-12(2)3)11-15(13,14)8-4-6-10/h9,11H,4-8H2,1-3H3. The molecule has 0 aliphatic heterocycles. The maximum atomic E-state index is 11.5. The summed E-state index contributed by atoms with van der Waals surface area (Å²) in [5, 5.41) is 0. The molecular formula is C9H21ClN2O2S. The van der Waals surface area contributed by atoms with E-state index in [1.807, 2.05) is 25.9 Å². The molecule has 0 aliphatic carbocycles. The largest absolute Gasteiger partial charge is 0.309 e. The lowest BCUT2D eigenvalue weighted by Crippen LogP contribution is -2.36. The number of hydrogen-bond donors (Lipinski definition) is 1. The first-order valence-electron chi connectivity index (χ1n) is 5.08. The summed E-state index contributed by atoms with van der Waals surface area (Å²) >= 11 is 5.45. The van der Waals surface area contributed by atoms with Crippen molar-refractivity contribution in [3.8, 4) is 0 Å². The third-order valence-electron chi connectivity index (χ3n) is 1.94. The normalized spacial score (nSPS) is 14.5. The van der Waals surface area contributed by atoms with E-state index in [0.29, 0.717) is 12.3 Å². The molecule has 92 valence electrons. The second kappa shape index (κ2) is 7.44. The summed E-state index contributed by atoms with van der Waals surface area (Å²) < 4.78 is 25.6. The molecule has 0 spiro atoms. The van der Waals surface area contributed by atoms with E-state index < -0.39 is 10.0 Å². The van der Waals surface area contributed by atoms with Crippen molar-refractivity contribution in [3.63, 3.8) is 0 Å². The van der Waals surface area contributed by atoms with Gasteiger partial charge in [-0.25, -0.2) is 13.1 Å². The molecule has 0 saturated carbocycles. The summed E-state index contributed by atoms with van der Waals surface area (Å²) in [7, 11) is 0.790. The Hall–Kier alpha value is 0.160. The Morgan fingerprint density at radius 3 is 2.47 bits per heavy atom. The van der Waals surface area contributed by atoms with Gasteiger partial charge in [-0.05, 0) is 40.4 Å². The van der Waals surface area contributed by atoms with Crippen molar-refractivity contribution >= 4 is 21.6 Å². The zero-order chi connectivity index (χ0) is 11.9. The predicted octanol–water partition coefficient (Wildman–Crippen LogP) is 0.875. The Balaban J connectivity index is 3.88. The fourth-order valence-electron chi connectivity index (χ4n) is 1.12. The van der Waals surface area contributed by atoms with Crippen LogP contribution >= 0.6 is 11.6 Å². The smallest absolute Gasteiger partial charge is 0.211 e. The fourth-order valence-corrected chi connectivity index (χ4v) is 2.79. The lowest BCUT2D eigenvalue weighted by atomic mass is 10.2. The minimum atomic E-state index is -3.14. The van der Waals surface area contributed by atoms with Crippen LogP contribution in [0, 0.1) is 0 Å². The van der Waals surface area contributed by atoms with Gasteiger partial charge in [0.25, 0.3) is 0 Å². The van der Waals surface area contributed by atoms with Crippen LogP contribution in [0.5, 0.6) is 0 Å². The van der Waals surface area contributed by atoms with Crippen molar-refractivity contribution < 1.29 is 8.42 Å². The lowest BCUT2D eigenvalue weighted by Gasteiger charge is -2.16. The second-order valence-electron chi connectivity index (χ2n) is 3.97. The molecule has 0 fully saturated rings. The van der Waals surface area contributed by atoms with Crippen LogP contribution in [0.4, 0.5) is 0 Å². The Morgan fingerprint density at radius 2 is 2.00 bits per heavy atom. The van der Waals surface area contributed by atoms with Gasteiger partial charge in [0, 0.05) is 11.9 Å². The molecule has 4 nitrogen and oxygen atoms in total. The highest BCUT2D eigenvalue weighted by atomic mass is 35.5. The predicted molar refractivity (Wildman–Crippen MR) is 64.9 cm³/mol. The summed E-state index contributed by atoms with van der Waals surface area (Å²) in [6, 6.07) is -0.0206. The first-order chi connectivity index (χ1) is 6.87. The second-order valence-corrected chi connectivity index (χ2v) is 6.22. The van der Waals surface area contributed by atoms with E-state index in [0.717, 1.165) is 13.0 Å². The van der Waals surface area contributed by atoms with Crippen LogP contribution in [0.3, 0.4) is 0 Å². The third-order valence-corrected chi connectivity index (χ3v) is 3.79. The van der Waals surface area contributed by atoms with Crippen molar-refractivity contribution in [2.45, 2.75) is 25.8 Å². The summed E-state index contributed by atoms with van der Waals surface area (Å²) in [6.45, 7) is 2.75. The van der Waals surface area contributed by atoms with Gasteiger partial charge in [-0.3, -0.25) is 0 Å². The number of sulfonamides is 1. The molecule has 1 unspecified atom stereocenters. The quantitative estimate of drug-likeness (QED) is 0.656. The number of nitrogens with one attached hydrogen (secondary N) is 1. The van der Waals surface area contributed by atoms with Crippen molar-refractivity contribution in [3.05, 3.63) is 0 Å². The highest BCUT2D eigenvalue weighted by molar-refractivity contribution is 7.89. The number of halogens is 1. The molecule has 0 aliphatic rings. The topological polar surface area (TPSA) is 49.4 Å². The Labute approximate surface area is 98.0 Å². The molecule has 0 bridgehead atoms. The van der Waals surface area contributed by atoms with Crippen LogP contribution in [0.1, 0.15) is 19.8 Å². The van der Waals surface area contributed by atoms with Crippen LogP contribution in [-0.4, -0.2) is 51.6 Å². The van der Waals surface area contributed by atoms with Crippen LogP contribution < -0.4 is 4.72 Å². The van der Waals surface area contributed by atoms with Gasteiger partial charge in [0.2, 0.25) is 10.0 Å². The fraction of sp³-hybridized carbons (Fsp3) is 1.00. The summed E-state index contributed by atoms with van der Waals surface area (Å²) in [4.78, 5) is 2.03. The molecular weight excluding hydrogens is 236 g/mol. The van der Waals surface area contributed by atoms with E-state index in [9.17, 15) is 8.42 Å². The summed E-state index contributed by atoms with van der Waals surface area (Å²) in [6.07, 6.45) is 1.31. The van der Waals surface area contributed by atoms with Crippen molar-refractivity contribution in [1.29, 1.82) is 0 Å². The molecule has 0 heterocycles. The number of rotatable bonds is 8. The molecule has 15 heavy (non-hydrogen) atoms. The Morgan fingerprint density at radius 1 is 1.40 bits per heavy atom. The zero-order valence-electron chi connectivity index (χ0n) is 9.66. The molecule has 0 saturated heterocycles. The number of nitrogens with zero attached hydrogens (tertiary/aromatic N) is 1. The van der Waals surface area contributed by atoms with Gasteiger partial charge in [-0.15, -0.1) is 11.6 Å². The van der Waals surface area contributed by atoms with Gasteiger partial charge in [0.15, 0.2) is 0 Å². The van der Waals surface area contributed by atoms with Crippen LogP contribution in [0.15, 0.2) is 0 Å². The SMILES string of the molecule is CC(CCN(C)C)NS(=O)(=O)CCCCl. The zero-order valence-corrected chi connectivity index (χ0v) is 11.2. The molecule has 1 atom stereocenters. The van der Waals surface area contributed by atoms with E-state index in [1.165, 1.54) is 0 Å². The Bertz CT molecular complexity index is 255. The van der Waals surface area contributed by atoms with Crippen LogP contribution in [0.25, 0.3) is 0 Å². The number of alkyl halides is 1. The highest BCUT2D eigenvalue weighted by Gasteiger charge is 2.13. The van der Waals surface area contributed by atoms with Crippen LogP contribution in [-0.2, 0) is 10.0 Å². The lowest BCUT2D eigenvalue weighted by molar-refractivity contribution is 0.379.